The Morgan fingerprint density at radius 2 is 1.88 bits per heavy atom. The van der Waals surface area contributed by atoms with Gasteiger partial charge in [-0.25, -0.2) is 0 Å². The van der Waals surface area contributed by atoms with Crippen molar-refractivity contribution in [2.45, 2.75) is 6.10 Å². The van der Waals surface area contributed by atoms with Crippen LogP contribution in [0.5, 0.6) is 0 Å². The summed E-state index contributed by atoms with van der Waals surface area (Å²) in [5, 5.41) is 2.33. The maximum absolute atomic E-state index is 11.7. The monoisotopic (exact) mass is 246 g/mol. The summed E-state index contributed by atoms with van der Waals surface area (Å²) in [5.74, 6) is 0. The lowest BCUT2D eigenvalue weighted by Gasteiger charge is -2.13. The maximum atomic E-state index is 11.7. The minimum Gasteiger partial charge on any atom is -0.368 e. The SMILES string of the molecule is CO[C@@H](C(=O)SC)c1ccc2ccccc2c1. The highest BCUT2D eigenvalue weighted by atomic mass is 32.2. The molecule has 2 aromatic carbocycles. The molecule has 0 heterocycles. The van der Waals surface area contributed by atoms with E-state index in [0.717, 1.165) is 10.9 Å². The van der Waals surface area contributed by atoms with Gasteiger partial charge in [-0.3, -0.25) is 4.79 Å². The molecule has 0 aliphatic rings. The first-order valence-corrected chi connectivity index (χ1v) is 6.58. The van der Waals surface area contributed by atoms with Crippen LogP contribution in [0, 0.1) is 0 Å². The third-order valence-electron chi connectivity index (χ3n) is 2.73. The van der Waals surface area contributed by atoms with Crippen LogP contribution >= 0.6 is 11.8 Å². The highest BCUT2D eigenvalue weighted by Gasteiger charge is 2.18. The van der Waals surface area contributed by atoms with Crippen LogP contribution in [0.4, 0.5) is 0 Å². The van der Waals surface area contributed by atoms with Crippen molar-refractivity contribution in [3.05, 3.63) is 48.0 Å². The number of rotatable bonds is 3. The summed E-state index contributed by atoms with van der Waals surface area (Å²) in [5.41, 5.74) is 0.908. The molecule has 17 heavy (non-hydrogen) atoms. The highest BCUT2D eigenvalue weighted by Crippen LogP contribution is 2.25. The van der Waals surface area contributed by atoms with Gasteiger partial charge in [0.15, 0.2) is 6.10 Å². The van der Waals surface area contributed by atoms with Crippen LogP contribution in [0.25, 0.3) is 10.8 Å². The largest absolute Gasteiger partial charge is 0.368 e. The molecule has 0 saturated carbocycles. The van der Waals surface area contributed by atoms with Crippen LogP contribution in [-0.2, 0) is 9.53 Å². The molecule has 1 atom stereocenters. The van der Waals surface area contributed by atoms with Crippen molar-refractivity contribution in [2.75, 3.05) is 13.4 Å². The van der Waals surface area contributed by atoms with E-state index in [1.165, 1.54) is 17.1 Å². The number of carbonyl (C=O) groups excluding carboxylic acids is 1. The number of thioether (sulfide) groups is 1. The van der Waals surface area contributed by atoms with E-state index < -0.39 is 6.10 Å². The second kappa shape index (κ2) is 5.34. The Bertz CT molecular complexity index is 536. The second-order valence-corrected chi connectivity index (χ2v) is 4.56. The number of hydrogen-bond acceptors (Lipinski definition) is 3. The van der Waals surface area contributed by atoms with E-state index in [1.807, 2.05) is 36.4 Å². The quantitative estimate of drug-likeness (QED) is 0.830. The number of benzene rings is 2. The zero-order chi connectivity index (χ0) is 12.3. The minimum absolute atomic E-state index is 0.0304. The summed E-state index contributed by atoms with van der Waals surface area (Å²) >= 11 is 1.19. The van der Waals surface area contributed by atoms with Gasteiger partial charge in [0, 0.05) is 7.11 Å². The van der Waals surface area contributed by atoms with Crippen molar-refractivity contribution in [2.24, 2.45) is 0 Å². The van der Waals surface area contributed by atoms with Crippen LogP contribution in [0.3, 0.4) is 0 Å². The Morgan fingerprint density at radius 1 is 1.18 bits per heavy atom. The first-order valence-electron chi connectivity index (χ1n) is 5.35. The minimum atomic E-state index is -0.477. The van der Waals surface area contributed by atoms with Crippen molar-refractivity contribution in [1.82, 2.24) is 0 Å². The molecule has 0 bridgehead atoms. The van der Waals surface area contributed by atoms with E-state index in [4.69, 9.17) is 4.74 Å². The van der Waals surface area contributed by atoms with Gasteiger partial charge < -0.3 is 4.74 Å². The Labute approximate surface area is 105 Å². The first kappa shape index (κ1) is 12.1. The molecule has 88 valence electrons. The van der Waals surface area contributed by atoms with Gasteiger partial charge >= 0.3 is 0 Å². The van der Waals surface area contributed by atoms with Crippen molar-refractivity contribution < 1.29 is 9.53 Å². The predicted octanol–water partition coefficient (Wildman–Crippen LogP) is 3.42. The molecular weight excluding hydrogens is 232 g/mol. The van der Waals surface area contributed by atoms with Crippen LogP contribution in [0.2, 0.25) is 0 Å². The van der Waals surface area contributed by atoms with Crippen LogP contribution in [-0.4, -0.2) is 18.5 Å². The van der Waals surface area contributed by atoms with Gasteiger partial charge in [0.1, 0.15) is 0 Å². The molecule has 0 aliphatic carbocycles. The van der Waals surface area contributed by atoms with Crippen molar-refractivity contribution in [3.8, 4) is 0 Å². The van der Waals surface area contributed by atoms with Gasteiger partial charge in [-0.2, -0.15) is 0 Å². The smallest absolute Gasteiger partial charge is 0.221 e. The number of ether oxygens (including phenoxy) is 1. The van der Waals surface area contributed by atoms with Crippen molar-refractivity contribution in [3.63, 3.8) is 0 Å². The van der Waals surface area contributed by atoms with Crippen molar-refractivity contribution >= 4 is 27.6 Å². The fourth-order valence-electron chi connectivity index (χ4n) is 1.85. The number of carbonyl (C=O) groups is 1. The maximum Gasteiger partial charge on any atom is 0.221 e. The zero-order valence-corrected chi connectivity index (χ0v) is 10.7. The van der Waals surface area contributed by atoms with Crippen LogP contribution in [0.15, 0.2) is 42.5 Å². The van der Waals surface area contributed by atoms with Gasteiger partial charge in [0.2, 0.25) is 5.12 Å². The standard InChI is InChI=1S/C14H14O2S/c1-16-13(14(15)17-2)12-8-7-10-5-3-4-6-11(10)9-12/h3-9,13H,1-2H3/t13-/m1/s1. The van der Waals surface area contributed by atoms with E-state index >= 15 is 0 Å². The molecule has 0 amide bonds. The average Bonchev–Trinajstić information content (AvgIpc) is 2.39. The normalized spacial score (nSPS) is 12.6. The summed E-state index contributed by atoms with van der Waals surface area (Å²) in [7, 11) is 1.56. The Kier molecular flexibility index (Phi) is 3.82. The molecule has 0 saturated heterocycles. The topological polar surface area (TPSA) is 26.3 Å². The number of fused-ring (bicyclic) bond motifs is 1. The molecule has 0 fully saturated rings. The molecule has 2 nitrogen and oxygen atoms in total. The van der Waals surface area contributed by atoms with E-state index in [2.05, 4.69) is 6.07 Å². The summed E-state index contributed by atoms with van der Waals surface area (Å²) in [6, 6.07) is 14.1. The van der Waals surface area contributed by atoms with Crippen molar-refractivity contribution in [1.29, 1.82) is 0 Å². The fourth-order valence-corrected chi connectivity index (χ4v) is 2.29. The van der Waals surface area contributed by atoms with E-state index in [0.29, 0.717) is 0 Å². The van der Waals surface area contributed by atoms with Gasteiger partial charge in [-0.1, -0.05) is 48.2 Å². The Morgan fingerprint density at radius 3 is 2.53 bits per heavy atom. The Balaban J connectivity index is 2.44. The fraction of sp³-hybridized carbons (Fsp3) is 0.214. The lowest BCUT2D eigenvalue weighted by molar-refractivity contribution is -0.120. The number of hydrogen-bond donors (Lipinski definition) is 0. The van der Waals surface area contributed by atoms with Gasteiger partial charge in [-0.15, -0.1) is 0 Å². The first-order chi connectivity index (χ1) is 8.26. The third kappa shape index (κ3) is 2.51. The summed E-state index contributed by atoms with van der Waals surface area (Å²) in [4.78, 5) is 11.7. The Hall–Kier alpha value is -1.32. The molecule has 0 spiro atoms. The predicted molar refractivity (Wildman–Crippen MR) is 72.2 cm³/mol. The molecule has 0 N–H and O–H groups in total. The summed E-state index contributed by atoms with van der Waals surface area (Å²) < 4.78 is 5.27. The lowest BCUT2D eigenvalue weighted by Crippen LogP contribution is -2.10. The number of methoxy groups -OCH3 is 1. The molecule has 0 aliphatic heterocycles. The molecule has 0 unspecified atom stereocenters. The van der Waals surface area contributed by atoms with Gasteiger partial charge in [0.25, 0.3) is 0 Å². The second-order valence-electron chi connectivity index (χ2n) is 3.75. The van der Waals surface area contributed by atoms with Gasteiger partial charge in [0.05, 0.1) is 0 Å². The third-order valence-corrected chi connectivity index (χ3v) is 3.34. The van der Waals surface area contributed by atoms with E-state index in [-0.39, 0.29) is 5.12 Å². The molecule has 2 rings (SSSR count). The average molecular weight is 246 g/mol. The van der Waals surface area contributed by atoms with Crippen LogP contribution < -0.4 is 0 Å². The van der Waals surface area contributed by atoms with E-state index in [1.54, 1.807) is 13.4 Å². The summed E-state index contributed by atoms with van der Waals surface area (Å²) in [6.45, 7) is 0. The molecule has 0 radical (unpaired) electrons. The molecule has 0 aromatic heterocycles. The van der Waals surface area contributed by atoms with Gasteiger partial charge in [-0.05, 0) is 28.7 Å². The zero-order valence-electron chi connectivity index (χ0n) is 9.84. The summed E-state index contributed by atoms with van der Waals surface area (Å²) in [6.07, 6.45) is 1.30. The molecule has 3 heteroatoms. The van der Waals surface area contributed by atoms with E-state index in [9.17, 15) is 4.79 Å². The van der Waals surface area contributed by atoms with Crippen LogP contribution in [0.1, 0.15) is 11.7 Å². The molecular formula is C14H14O2S. The lowest BCUT2D eigenvalue weighted by atomic mass is 10.0. The highest BCUT2D eigenvalue weighted by molar-refractivity contribution is 8.13. The molecule has 2 aromatic rings.